The Kier molecular flexibility index (Phi) is 25.4. The zero-order chi connectivity index (χ0) is 32.0. The number of Topliss-reactive ketones (excluding diaryl/α,β-unsaturated/α-hetero) is 1. The second kappa shape index (κ2) is 25.0. The van der Waals surface area contributed by atoms with Gasteiger partial charge in [0, 0.05) is 33.1 Å². The Bertz CT molecular complexity index is 991. The first kappa shape index (κ1) is 42.7. The molecule has 2 atom stereocenters. The number of carbonyl (C=O) groups is 6. The molecule has 42 heavy (non-hydrogen) atoms. The van der Waals surface area contributed by atoms with Crippen molar-refractivity contribution < 1.29 is 74.6 Å². The van der Waals surface area contributed by atoms with Crippen LogP contribution in [0.3, 0.4) is 0 Å². The fourth-order valence-corrected chi connectivity index (χ4v) is 2.67. The molecule has 1 aliphatic rings. The first-order chi connectivity index (χ1) is 19.1. The fourth-order valence-electron chi connectivity index (χ4n) is 2.67. The molecular weight excluding hydrogens is 737 g/mol. The van der Waals surface area contributed by atoms with Crippen molar-refractivity contribution in [1.82, 2.24) is 5.32 Å². The minimum absolute atomic E-state index is 0. The molecule has 1 aliphatic carbocycles. The van der Waals surface area contributed by atoms with Crippen molar-refractivity contribution in [2.75, 3.05) is 13.2 Å². The van der Waals surface area contributed by atoms with Crippen molar-refractivity contribution in [3.05, 3.63) is 60.4 Å². The van der Waals surface area contributed by atoms with Crippen LogP contribution in [0.25, 0.3) is 11.5 Å². The first-order valence-electron chi connectivity index (χ1n) is 12.4. The van der Waals surface area contributed by atoms with E-state index in [9.17, 15) is 19.2 Å². The molecule has 1 aromatic carbocycles. The van der Waals surface area contributed by atoms with Gasteiger partial charge in [0.2, 0.25) is 0 Å². The number of nitrogens with one attached hydrogen (secondary N) is 3. The summed E-state index contributed by atoms with van der Waals surface area (Å²) in [5.41, 5.74) is 15.7. The molecule has 2 rings (SSSR count). The maximum Gasteiger partial charge on any atom is 0.414 e. The number of benzene rings is 1. The molecule has 1 fully saturated rings. The molecule has 0 heterocycles. The van der Waals surface area contributed by atoms with Gasteiger partial charge in [0.25, 0.3) is 0 Å². The van der Waals surface area contributed by atoms with E-state index < -0.39 is 30.0 Å². The molecule has 1 aromatic rings. The van der Waals surface area contributed by atoms with Crippen LogP contribution in [-0.2, 0) is 56.2 Å². The van der Waals surface area contributed by atoms with Crippen LogP contribution in [0.4, 0.5) is 4.79 Å². The van der Waals surface area contributed by atoms with Gasteiger partial charge in [-0.1, -0.05) is 44.4 Å². The standard InChI is InChI=1S/C16H19NO6.C6H12N2.C3H5O.C2H2O4.Pt/c1-11(2)15(20)22-10-9-17-16(21)23-13-6-3-12(4-7-13)5-8-14(18)19;7-5-3-1-2-4-6(5)8;1-3(2)4;3-1(4)2(5)6;/h3-4,6-7H,1,5,8-10H2,2H3,(H,17,21)(H,18,19);5-8H,1-4H2;1H2,2H3;(H,3,4)(H,5,6);/q;-2;-1;;. The number of esters is 1. The van der Waals surface area contributed by atoms with Crippen molar-refractivity contribution in [3.63, 3.8) is 0 Å². The van der Waals surface area contributed by atoms with Crippen LogP contribution in [0.1, 0.15) is 51.5 Å². The summed E-state index contributed by atoms with van der Waals surface area (Å²) in [5, 5.41) is 25.8. The van der Waals surface area contributed by atoms with Gasteiger partial charge in [-0.05, 0) is 43.7 Å². The average molecular weight is 776 g/mol. The second-order valence-corrected chi connectivity index (χ2v) is 8.58. The number of carboxylic acid groups (broad SMARTS) is 3. The molecule has 1 saturated carbocycles. The van der Waals surface area contributed by atoms with Gasteiger partial charge < -0.3 is 53.3 Å². The van der Waals surface area contributed by atoms with Gasteiger partial charge in [-0.3, -0.25) is 4.79 Å². The van der Waals surface area contributed by atoms with Crippen molar-refractivity contribution >= 4 is 35.8 Å². The van der Waals surface area contributed by atoms with Gasteiger partial charge in [0.05, 0.1) is 6.54 Å². The summed E-state index contributed by atoms with van der Waals surface area (Å²) < 4.78 is 9.83. The quantitative estimate of drug-likeness (QED) is 0.0971. The van der Waals surface area contributed by atoms with E-state index in [4.69, 9.17) is 45.8 Å². The van der Waals surface area contributed by atoms with Crippen LogP contribution in [0, 0.1) is 6.92 Å². The molecule has 1 amide bonds. The summed E-state index contributed by atoms with van der Waals surface area (Å²) in [6.45, 7) is 9.53. The number of ketones is 1. The molecule has 2 unspecified atom stereocenters. The van der Waals surface area contributed by atoms with Crippen LogP contribution in [0.2, 0.25) is 0 Å². The number of hydrogen-bond acceptors (Lipinski definition) is 8. The molecule has 0 spiro atoms. The first-order valence-corrected chi connectivity index (χ1v) is 12.4. The molecule has 240 valence electrons. The van der Waals surface area contributed by atoms with E-state index in [1.165, 1.54) is 26.7 Å². The van der Waals surface area contributed by atoms with Crippen LogP contribution >= 0.6 is 0 Å². The van der Waals surface area contributed by atoms with Crippen molar-refractivity contribution in [1.29, 1.82) is 0 Å². The van der Waals surface area contributed by atoms with Gasteiger partial charge in [0.15, 0.2) is 0 Å². The minimum atomic E-state index is -1.82. The Morgan fingerprint density at radius 3 is 1.76 bits per heavy atom. The third kappa shape index (κ3) is 26.5. The number of hydrogen-bond donors (Lipinski definition) is 4. The SMILES string of the molecule is C=C(C)C(=O)OCCNC(=O)Oc1ccc(CCC(=O)O)cc1.O=C(O)C(=O)O.[CH2-]C(C)=O.[NH-]C1CCCCC1[NH-].[Pt]. The fraction of sp³-hybridized carbons (Fsp3) is 0.444. The largest absolute Gasteiger partial charge is 0.676 e. The van der Waals surface area contributed by atoms with Gasteiger partial charge in [-0.15, -0.1) is 0 Å². The predicted molar refractivity (Wildman–Crippen MR) is 148 cm³/mol. The van der Waals surface area contributed by atoms with Crippen LogP contribution in [0.15, 0.2) is 36.4 Å². The summed E-state index contributed by atoms with van der Waals surface area (Å²) in [6, 6.07) is 6.39. The number of carboxylic acids is 3. The van der Waals surface area contributed by atoms with Crippen LogP contribution in [0.5, 0.6) is 5.75 Å². The minimum Gasteiger partial charge on any atom is -0.676 e. The van der Waals surface area contributed by atoms with E-state index in [1.807, 2.05) is 0 Å². The summed E-state index contributed by atoms with van der Waals surface area (Å²) >= 11 is 0. The van der Waals surface area contributed by atoms with Gasteiger partial charge in [-0.2, -0.15) is 12.1 Å². The van der Waals surface area contributed by atoms with E-state index in [2.05, 4.69) is 18.8 Å². The van der Waals surface area contributed by atoms with Gasteiger partial charge >= 0.3 is 30.0 Å². The summed E-state index contributed by atoms with van der Waals surface area (Å²) in [4.78, 5) is 60.6. The molecular formula is C27H38N3O11Pt-3. The predicted octanol–water partition coefficient (Wildman–Crippen LogP) is 3.88. The van der Waals surface area contributed by atoms with Crippen molar-refractivity contribution in [2.45, 2.75) is 64.5 Å². The maximum absolute atomic E-state index is 11.5. The van der Waals surface area contributed by atoms with Gasteiger partial charge in [-0.25, -0.2) is 19.2 Å². The zero-order valence-electron chi connectivity index (χ0n) is 23.5. The number of ether oxygens (including phenoxy) is 2. The van der Waals surface area contributed by atoms with E-state index in [0.717, 1.165) is 18.4 Å². The molecule has 14 nitrogen and oxygen atoms in total. The summed E-state index contributed by atoms with van der Waals surface area (Å²) in [6.07, 6.45) is 4.03. The van der Waals surface area contributed by atoms with E-state index in [-0.39, 0.29) is 64.1 Å². The molecule has 0 bridgehead atoms. The molecule has 0 saturated heterocycles. The molecule has 6 N–H and O–H groups in total. The monoisotopic (exact) mass is 775 g/mol. The van der Waals surface area contributed by atoms with Gasteiger partial charge in [0.1, 0.15) is 12.4 Å². The van der Waals surface area contributed by atoms with Crippen molar-refractivity contribution in [2.24, 2.45) is 0 Å². The normalized spacial score (nSPS) is 14.6. The average Bonchev–Trinajstić information content (AvgIpc) is 2.88. The smallest absolute Gasteiger partial charge is 0.414 e. The number of aryl methyl sites for hydroxylation is 1. The second-order valence-electron chi connectivity index (χ2n) is 8.58. The molecule has 0 aromatic heterocycles. The Balaban J connectivity index is -0.000000649. The maximum atomic E-state index is 11.5. The van der Waals surface area contributed by atoms with E-state index in [1.54, 1.807) is 24.3 Å². The molecule has 0 radical (unpaired) electrons. The zero-order valence-corrected chi connectivity index (χ0v) is 25.7. The Morgan fingerprint density at radius 2 is 1.40 bits per heavy atom. The Hall–Kier alpha value is -3.74. The summed E-state index contributed by atoms with van der Waals surface area (Å²) in [5.74, 6) is -4.78. The van der Waals surface area contributed by atoms with E-state index in [0.29, 0.717) is 12.2 Å². The van der Waals surface area contributed by atoms with E-state index >= 15 is 0 Å². The number of rotatable bonds is 8. The number of carbonyl (C=O) groups excluding carboxylic acids is 3. The van der Waals surface area contributed by atoms with Crippen LogP contribution < -0.4 is 10.1 Å². The third-order valence-corrected chi connectivity index (χ3v) is 4.66. The summed E-state index contributed by atoms with van der Waals surface area (Å²) in [7, 11) is 0. The van der Waals surface area contributed by atoms with Crippen LogP contribution in [-0.4, -0.2) is 76.3 Å². The van der Waals surface area contributed by atoms with Crippen molar-refractivity contribution in [3.8, 4) is 5.75 Å². The third-order valence-electron chi connectivity index (χ3n) is 4.66. The Morgan fingerprint density at radius 1 is 0.952 bits per heavy atom. The molecule has 0 aliphatic heterocycles. The molecule has 15 heteroatoms. The Labute approximate surface area is 259 Å². The topological polar surface area (TPSA) is 241 Å². The number of amides is 1. The number of aliphatic carboxylic acids is 3.